The molecule has 2 unspecified atom stereocenters. The Hall–Kier alpha value is 1.36. The molecule has 0 aliphatic heterocycles. The summed E-state index contributed by atoms with van der Waals surface area (Å²) in [5.74, 6) is 1.59. The molecule has 0 amide bonds. The predicted molar refractivity (Wildman–Crippen MR) is 190 cm³/mol. The Morgan fingerprint density at radius 3 is 1.56 bits per heavy atom. The molecular weight excluding hydrogens is 956 g/mol. The highest BCUT2D eigenvalue weighted by molar-refractivity contribution is 9.12. The number of unbranched alkanes of at least 4 members (excludes halogenated alkanes) is 5. The van der Waals surface area contributed by atoms with Crippen molar-refractivity contribution in [3.05, 3.63) is 53.3 Å². The smallest absolute Gasteiger partial charge is 0.147 e. The van der Waals surface area contributed by atoms with Crippen molar-refractivity contribution in [3.8, 4) is 11.5 Å². The minimum atomic E-state index is -0.275. The zero-order valence-corrected chi connectivity index (χ0v) is 33.7. The zero-order chi connectivity index (χ0) is 29.0. The molecule has 2 atom stereocenters. The van der Waals surface area contributed by atoms with Gasteiger partial charge in [-0.15, -0.1) is 0 Å². The van der Waals surface area contributed by atoms with E-state index >= 15 is 0 Å². The first kappa shape index (κ1) is 36.6. The van der Waals surface area contributed by atoms with Crippen LogP contribution in [0.5, 0.6) is 11.5 Å². The highest BCUT2D eigenvalue weighted by Crippen LogP contribution is 2.44. The van der Waals surface area contributed by atoms with Gasteiger partial charge >= 0.3 is 0 Å². The third-order valence-corrected chi connectivity index (χ3v) is 11.5. The van der Waals surface area contributed by atoms with Crippen LogP contribution in [0.2, 0.25) is 0 Å². The molecule has 39 heavy (non-hydrogen) atoms. The van der Waals surface area contributed by atoms with E-state index in [1.807, 2.05) is 0 Å². The Morgan fingerprint density at radius 1 is 0.667 bits per heavy atom. The second kappa shape index (κ2) is 18.9. The number of hydrogen-bond donors (Lipinski definition) is 0. The highest BCUT2D eigenvalue weighted by Gasteiger charge is 2.27. The van der Waals surface area contributed by atoms with E-state index in [9.17, 15) is 0 Å². The largest absolute Gasteiger partial charge is 0.490 e. The maximum atomic E-state index is 6.18. The van der Waals surface area contributed by atoms with Crippen molar-refractivity contribution in [1.82, 2.24) is 0 Å². The van der Waals surface area contributed by atoms with Crippen LogP contribution in [0.1, 0.15) is 70.4 Å². The molecule has 2 rings (SSSR count). The van der Waals surface area contributed by atoms with Gasteiger partial charge in [0.05, 0.1) is 34.2 Å². The van der Waals surface area contributed by atoms with Crippen LogP contribution in [0.3, 0.4) is 0 Å². The molecular formula is C29H37Br7O3. The first-order chi connectivity index (χ1) is 18.5. The number of halogens is 7. The Balaban J connectivity index is 2.00. The molecule has 0 aromatic heterocycles. The molecule has 220 valence electrons. The van der Waals surface area contributed by atoms with Gasteiger partial charge in [0.1, 0.15) is 24.7 Å². The molecule has 0 radical (unpaired) electrons. The summed E-state index contributed by atoms with van der Waals surface area (Å²) in [6.45, 7) is 9.19. The van der Waals surface area contributed by atoms with Crippen LogP contribution < -0.4 is 9.47 Å². The van der Waals surface area contributed by atoms with E-state index in [0.717, 1.165) is 58.9 Å². The van der Waals surface area contributed by atoms with Crippen molar-refractivity contribution >= 4 is 112 Å². The average molecular weight is 993 g/mol. The van der Waals surface area contributed by atoms with E-state index in [1.54, 1.807) is 0 Å². The SMILES string of the molecule is CCCCCCCCOCC(Br)COc1c(Br)cc(C(C)(C)c2cc(Br)c(OCC(Br)CBr)c(Br)c2)cc1Br. The minimum Gasteiger partial charge on any atom is -0.490 e. The van der Waals surface area contributed by atoms with Crippen LogP contribution in [0.4, 0.5) is 0 Å². The average Bonchev–Trinajstić information content (AvgIpc) is 2.88. The Kier molecular flexibility index (Phi) is 17.7. The summed E-state index contributed by atoms with van der Waals surface area (Å²) < 4.78 is 21.7. The van der Waals surface area contributed by atoms with Gasteiger partial charge in [0, 0.05) is 17.4 Å². The molecule has 2 aromatic carbocycles. The lowest BCUT2D eigenvalue weighted by Crippen LogP contribution is -2.20. The van der Waals surface area contributed by atoms with Gasteiger partial charge in [0.25, 0.3) is 0 Å². The molecule has 10 heteroatoms. The van der Waals surface area contributed by atoms with Crippen LogP contribution in [0.25, 0.3) is 0 Å². The fourth-order valence-corrected chi connectivity index (χ4v) is 7.39. The van der Waals surface area contributed by atoms with E-state index in [4.69, 9.17) is 14.2 Å². The minimum absolute atomic E-state index is 0.122. The number of hydrogen-bond acceptors (Lipinski definition) is 3. The summed E-state index contributed by atoms with van der Waals surface area (Å²) in [6.07, 6.45) is 7.61. The number of ether oxygens (including phenoxy) is 3. The van der Waals surface area contributed by atoms with E-state index in [2.05, 4.69) is 157 Å². The van der Waals surface area contributed by atoms with Gasteiger partial charge in [0.15, 0.2) is 0 Å². The number of rotatable bonds is 18. The molecule has 0 aliphatic carbocycles. The zero-order valence-electron chi connectivity index (χ0n) is 22.6. The highest BCUT2D eigenvalue weighted by atomic mass is 79.9. The predicted octanol–water partition coefficient (Wildman–Crippen LogP) is 12.1. The lowest BCUT2D eigenvalue weighted by atomic mass is 9.78. The van der Waals surface area contributed by atoms with Gasteiger partial charge in [-0.1, -0.05) is 101 Å². The Morgan fingerprint density at radius 2 is 1.10 bits per heavy atom. The van der Waals surface area contributed by atoms with Crippen molar-refractivity contribution in [2.45, 2.75) is 74.4 Å². The summed E-state index contributed by atoms with van der Waals surface area (Å²) in [5.41, 5.74) is 2.03. The number of benzene rings is 2. The van der Waals surface area contributed by atoms with Crippen LogP contribution in [0, 0.1) is 0 Å². The molecule has 0 spiro atoms. The molecule has 0 bridgehead atoms. The maximum Gasteiger partial charge on any atom is 0.147 e. The lowest BCUT2D eigenvalue weighted by Gasteiger charge is -2.28. The monoisotopic (exact) mass is 986 g/mol. The second-order valence-corrected chi connectivity index (χ2v) is 16.6. The third kappa shape index (κ3) is 12.1. The third-order valence-electron chi connectivity index (χ3n) is 6.37. The summed E-state index contributed by atoms with van der Waals surface area (Å²) >= 11 is 25.7. The topological polar surface area (TPSA) is 27.7 Å². The first-order valence-electron chi connectivity index (χ1n) is 13.2. The van der Waals surface area contributed by atoms with Gasteiger partial charge in [-0.25, -0.2) is 0 Å². The fourth-order valence-electron chi connectivity index (χ4n) is 3.92. The van der Waals surface area contributed by atoms with Gasteiger partial charge in [-0.2, -0.15) is 0 Å². The van der Waals surface area contributed by atoms with Gasteiger partial charge in [-0.05, 0) is 106 Å². The van der Waals surface area contributed by atoms with Gasteiger partial charge < -0.3 is 14.2 Å². The number of alkyl halides is 3. The molecule has 0 aliphatic rings. The standard InChI is InChI=1S/C29H37Br7O3/c1-4-5-6-7-8-9-10-37-16-22(32)18-39-28-25(35)13-20(14-26(28)36)29(2,3)19-11-23(33)27(24(34)12-19)38-17-21(31)15-30/h11-14,21-22H,4-10,15-18H2,1-3H3. The molecule has 2 aromatic rings. The van der Waals surface area contributed by atoms with Gasteiger partial charge in [-0.3, -0.25) is 0 Å². The van der Waals surface area contributed by atoms with Crippen LogP contribution in [-0.4, -0.2) is 41.4 Å². The van der Waals surface area contributed by atoms with Crippen molar-refractivity contribution < 1.29 is 14.2 Å². The van der Waals surface area contributed by atoms with E-state index in [1.165, 1.54) is 32.1 Å². The molecule has 0 heterocycles. The van der Waals surface area contributed by atoms with Crippen molar-refractivity contribution in [1.29, 1.82) is 0 Å². The van der Waals surface area contributed by atoms with Crippen molar-refractivity contribution in [2.75, 3.05) is 31.8 Å². The van der Waals surface area contributed by atoms with Crippen LogP contribution in [-0.2, 0) is 10.2 Å². The summed E-state index contributed by atoms with van der Waals surface area (Å²) in [6, 6.07) is 8.53. The van der Waals surface area contributed by atoms with Crippen LogP contribution in [0.15, 0.2) is 42.2 Å². The molecule has 0 saturated carbocycles. The first-order valence-corrected chi connectivity index (χ1v) is 19.3. The molecule has 0 saturated heterocycles. The van der Waals surface area contributed by atoms with E-state index < -0.39 is 0 Å². The normalized spacial score (nSPS) is 13.4. The lowest BCUT2D eigenvalue weighted by molar-refractivity contribution is 0.121. The van der Waals surface area contributed by atoms with E-state index in [0.29, 0.717) is 19.8 Å². The molecule has 0 N–H and O–H groups in total. The summed E-state index contributed by atoms with van der Waals surface area (Å²) in [5, 5.41) is 0.820. The fraction of sp³-hybridized carbons (Fsp3) is 0.586. The van der Waals surface area contributed by atoms with Crippen molar-refractivity contribution in [2.24, 2.45) is 0 Å². The summed E-state index contributed by atoms with van der Waals surface area (Å²) in [7, 11) is 0. The Labute approximate surface area is 293 Å². The quantitative estimate of drug-likeness (QED) is 0.110. The summed E-state index contributed by atoms with van der Waals surface area (Å²) in [4.78, 5) is 0.359. The van der Waals surface area contributed by atoms with Crippen molar-refractivity contribution in [3.63, 3.8) is 0 Å². The van der Waals surface area contributed by atoms with Crippen LogP contribution >= 0.6 is 112 Å². The maximum absolute atomic E-state index is 6.18. The second-order valence-electron chi connectivity index (χ2n) is 9.98. The molecule has 3 nitrogen and oxygen atoms in total. The van der Waals surface area contributed by atoms with Gasteiger partial charge in [0.2, 0.25) is 0 Å². The Bertz CT molecular complexity index is 986. The molecule has 0 fully saturated rings. The van der Waals surface area contributed by atoms with E-state index in [-0.39, 0.29) is 15.1 Å².